The number of carbonyl (C=O) groups is 3. The highest BCUT2D eigenvalue weighted by Gasteiger charge is 2.16. The molecule has 10 heteroatoms. The molecule has 0 radical (unpaired) electrons. The average Bonchev–Trinajstić information content (AvgIpc) is 3.43. The van der Waals surface area contributed by atoms with Gasteiger partial charge >= 0.3 is 0 Å². The molecule has 0 aliphatic carbocycles. The molecule has 0 spiro atoms. The summed E-state index contributed by atoms with van der Waals surface area (Å²) in [4.78, 5) is 47.8. The van der Waals surface area contributed by atoms with E-state index >= 15 is 0 Å². The van der Waals surface area contributed by atoms with Crippen LogP contribution in [0.15, 0.2) is 114 Å². The molecular weight excluding hydrogens is 627 g/mol. The third kappa shape index (κ3) is 9.18. The molecule has 0 bridgehead atoms. The molecule has 0 unspecified atom stereocenters. The van der Waals surface area contributed by atoms with Crippen molar-refractivity contribution in [3.05, 3.63) is 130 Å². The number of benzene rings is 4. The molecule has 0 fully saturated rings. The van der Waals surface area contributed by atoms with Crippen LogP contribution in [-0.2, 0) is 9.59 Å². The summed E-state index contributed by atoms with van der Waals surface area (Å²) in [6.45, 7) is 4.03. The fourth-order valence-electron chi connectivity index (χ4n) is 4.57. The quantitative estimate of drug-likeness (QED) is 0.0994. The molecule has 3 N–H and O–H groups in total. The Bertz CT molecular complexity index is 1900. The highest BCUT2D eigenvalue weighted by atomic mass is 32.2. The molecule has 3 amide bonds. The third-order valence-electron chi connectivity index (χ3n) is 7.08. The first-order chi connectivity index (χ1) is 22.6. The zero-order chi connectivity index (χ0) is 33.3. The normalized spacial score (nSPS) is 11.1. The number of rotatable bonds is 11. The van der Waals surface area contributed by atoms with E-state index in [4.69, 9.17) is 0 Å². The van der Waals surface area contributed by atoms with E-state index in [2.05, 4.69) is 20.9 Å². The lowest BCUT2D eigenvalue weighted by atomic mass is 10.1. The Morgan fingerprint density at radius 1 is 0.851 bits per heavy atom. The van der Waals surface area contributed by atoms with Crippen molar-refractivity contribution in [1.82, 2.24) is 10.3 Å². The first kappa shape index (κ1) is 33.2. The first-order valence-electron chi connectivity index (χ1n) is 14.9. The van der Waals surface area contributed by atoms with Crippen molar-refractivity contribution in [3.63, 3.8) is 0 Å². The predicted molar refractivity (Wildman–Crippen MR) is 194 cm³/mol. The number of thioether (sulfide) groups is 1. The van der Waals surface area contributed by atoms with Gasteiger partial charge in [-0.25, -0.2) is 4.98 Å². The van der Waals surface area contributed by atoms with Crippen LogP contribution in [-0.4, -0.2) is 42.6 Å². The maximum absolute atomic E-state index is 13.5. The van der Waals surface area contributed by atoms with E-state index in [1.54, 1.807) is 48.5 Å². The molecular formula is C37H35N5O3S2. The number of carbonyl (C=O) groups excluding carboxylic acids is 3. The number of amides is 3. The van der Waals surface area contributed by atoms with E-state index in [0.29, 0.717) is 16.4 Å². The fraction of sp³-hybridized carbons (Fsp3) is 0.135. The van der Waals surface area contributed by atoms with Crippen LogP contribution in [0.3, 0.4) is 0 Å². The molecule has 47 heavy (non-hydrogen) atoms. The van der Waals surface area contributed by atoms with Gasteiger partial charge in [-0.1, -0.05) is 66.2 Å². The maximum Gasteiger partial charge on any atom is 0.272 e. The van der Waals surface area contributed by atoms with Crippen LogP contribution in [0, 0.1) is 13.8 Å². The Balaban J connectivity index is 1.24. The van der Waals surface area contributed by atoms with Gasteiger partial charge in [0.05, 0.1) is 11.4 Å². The summed E-state index contributed by atoms with van der Waals surface area (Å²) in [7, 11) is 3.90. The Kier molecular flexibility index (Phi) is 10.9. The minimum atomic E-state index is -0.477. The van der Waals surface area contributed by atoms with Crippen LogP contribution < -0.4 is 20.9 Å². The lowest BCUT2D eigenvalue weighted by Crippen LogP contribution is -2.30. The number of aryl methyl sites for hydroxylation is 2. The van der Waals surface area contributed by atoms with Gasteiger partial charge in [-0.05, 0) is 68.0 Å². The van der Waals surface area contributed by atoms with Crippen LogP contribution in [0.4, 0.5) is 16.5 Å². The molecule has 4 aromatic carbocycles. The summed E-state index contributed by atoms with van der Waals surface area (Å²) in [6.07, 6.45) is 1.64. The van der Waals surface area contributed by atoms with Crippen LogP contribution in [0.2, 0.25) is 0 Å². The van der Waals surface area contributed by atoms with E-state index < -0.39 is 11.8 Å². The summed E-state index contributed by atoms with van der Waals surface area (Å²) in [5.74, 6) is -0.886. The minimum absolute atomic E-state index is 0.0950. The monoisotopic (exact) mass is 661 g/mol. The number of nitrogens with one attached hydrogen (secondary N) is 3. The van der Waals surface area contributed by atoms with E-state index in [9.17, 15) is 14.4 Å². The zero-order valence-electron chi connectivity index (χ0n) is 26.5. The minimum Gasteiger partial charge on any atom is -0.378 e. The second-order valence-corrected chi connectivity index (χ2v) is 13.2. The van der Waals surface area contributed by atoms with Gasteiger partial charge in [0.25, 0.3) is 11.8 Å². The maximum atomic E-state index is 13.5. The standard InChI is InChI=1S/C37H35N5O3S2/c1-24-13-17-27(18-14-24)34-25(2)47-37(41-34)40-33(43)23-46-31-12-8-11-29(22-31)38-36(45)32(39-35(44)28-9-6-5-7-10-28)21-26-15-19-30(20-16-26)42(3)4/h5-22H,23H2,1-4H3,(H,38,45)(H,39,44)(H,40,41,43)/b32-21+. The number of anilines is 3. The number of nitrogens with zero attached hydrogens (tertiary/aromatic N) is 2. The Labute approximate surface area is 282 Å². The van der Waals surface area contributed by atoms with Crippen molar-refractivity contribution in [2.45, 2.75) is 18.7 Å². The van der Waals surface area contributed by atoms with E-state index in [1.165, 1.54) is 28.7 Å². The largest absolute Gasteiger partial charge is 0.378 e. The van der Waals surface area contributed by atoms with Gasteiger partial charge in [-0.3, -0.25) is 14.4 Å². The molecule has 0 aliphatic rings. The van der Waals surface area contributed by atoms with Crippen molar-refractivity contribution < 1.29 is 14.4 Å². The summed E-state index contributed by atoms with van der Waals surface area (Å²) in [5, 5.41) is 9.13. The smallest absolute Gasteiger partial charge is 0.272 e. The Morgan fingerprint density at radius 3 is 2.28 bits per heavy atom. The SMILES string of the molecule is Cc1ccc(-c2nc(NC(=O)CSc3cccc(NC(=O)/C(=C\c4ccc(N(C)C)cc4)NC(=O)c4ccccc4)c3)sc2C)cc1. The van der Waals surface area contributed by atoms with Gasteiger partial charge in [0, 0.05) is 46.4 Å². The second-order valence-electron chi connectivity index (χ2n) is 11.0. The van der Waals surface area contributed by atoms with Crippen molar-refractivity contribution in [1.29, 1.82) is 0 Å². The molecule has 1 heterocycles. The van der Waals surface area contributed by atoms with Crippen molar-refractivity contribution in [2.75, 3.05) is 35.4 Å². The van der Waals surface area contributed by atoms with E-state index in [-0.39, 0.29) is 17.4 Å². The van der Waals surface area contributed by atoms with Crippen molar-refractivity contribution in [2.24, 2.45) is 0 Å². The summed E-state index contributed by atoms with van der Waals surface area (Å²) >= 11 is 2.79. The highest BCUT2D eigenvalue weighted by molar-refractivity contribution is 8.00. The van der Waals surface area contributed by atoms with Crippen LogP contribution >= 0.6 is 23.1 Å². The Morgan fingerprint density at radius 2 is 1.57 bits per heavy atom. The zero-order valence-corrected chi connectivity index (χ0v) is 28.2. The number of thiazole rings is 1. The van der Waals surface area contributed by atoms with Gasteiger partial charge in [-0.15, -0.1) is 23.1 Å². The highest BCUT2D eigenvalue weighted by Crippen LogP contribution is 2.31. The molecule has 0 aliphatic heterocycles. The molecule has 5 rings (SSSR count). The number of aromatic nitrogens is 1. The molecule has 0 saturated heterocycles. The molecule has 1 aromatic heterocycles. The van der Waals surface area contributed by atoms with Crippen LogP contribution in [0.5, 0.6) is 0 Å². The van der Waals surface area contributed by atoms with Gasteiger partial charge in [0.1, 0.15) is 5.70 Å². The van der Waals surface area contributed by atoms with Crippen LogP contribution in [0.1, 0.15) is 26.4 Å². The van der Waals surface area contributed by atoms with E-state index in [0.717, 1.165) is 32.3 Å². The molecule has 5 aromatic rings. The lowest BCUT2D eigenvalue weighted by Gasteiger charge is -2.14. The third-order valence-corrected chi connectivity index (χ3v) is 8.96. The molecule has 238 valence electrons. The summed E-state index contributed by atoms with van der Waals surface area (Å²) in [5.41, 5.74) is 5.88. The Hall–Kier alpha value is -5.19. The number of hydrogen-bond donors (Lipinski definition) is 3. The van der Waals surface area contributed by atoms with E-state index in [1.807, 2.05) is 93.5 Å². The van der Waals surface area contributed by atoms with Gasteiger partial charge < -0.3 is 20.9 Å². The lowest BCUT2D eigenvalue weighted by molar-refractivity contribution is -0.114. The molecule has 0 atom stereocenters. The van der Waals surface area contributed by atoms with Gasteiger partial charge in [0.2, 0.25) is 5.91 Å². The predicted octanol–water partition coefficient (Wildman–Crippen LogP) is 7.63. The first-order valence-corrected chi connectivity index (χ1v) is 16.7. The summed E-state index contributed by atoms with van der Waals surface area (Å²) in [6, 6.07) is 31.8. The number of hydrogen-bond acceptors (Lipinski definition) is 7. The van der Waals surface area contributed by atoms with Gasteiger partial charge in [0.15, 0.2) is 5.13 Å². The van der Waals surface area contributed by atoms with Crippen LogP contribution in [0.25, 0.3) is 17.3 Å². The second kappa shape index (κ2) is 15.4. The topological polar surface area (TPSA) is 103 Å². The van der Waals surface area contributed by atoms with Gasteiger partial charge in [-0.2, -0.15) is 0 Å². The van der Waals surface area contributed by atoms with Crippen molar-refractivity contribution >= 4 is 63.4 Å². The summed E-state index contributed by atoms with van der Waals surface area (Å²) < 4.78 is 0. The molecule has 8 nitrogen and oxygen atoms in total. The molecule has 0 saturated carbocycles. The van der Waals surface area contributed by atoms with Crippen molar-refractivity contribution in [3.8, 4) is 11.3 Å². The average molecular weight is 662 g/mol. The fourth-order valence-corrected chi connectivity index (χ4v) is 6.18.